The van der Waals surface area contributed by atoms with Crippen LogP contribution in [0.25, 0.3) is 0 Å². The molecule has 0 radical (unpaired) electrons. The number of allylic oxidation sites excluding steroid dienone is 1. The first-order chi connectivity index (χ1) is 8.98. The molecule has 1 aliphatic heterocycles. The molecular weight excluding hydrogens is 236 g/mol. The van der Waals surface area contributed by atoms with E-state index in [1.165, 1.54) is 37.7 Å². The minimum Gasteiger partial charge on any atom is -0.389 e. The monoisotopic (exact) mass is 264 g/mol. The second-order valence-corrected chi connectivity index (χ2v) is 7.78. The Morgan fingerprint density at radius 2 is 1.95 bits per heavy atom. The SMILES string of the molecule is CC1(C)CC(C2CCOC3(CCCC3)C2)=CC(O)C1. The van der Waals surface area contributed by atoms with Crippen molar-refractivity contribution in [3.05, 3.63) is 11.6 Å². The van der Waals surface area contributed by atoms with Crippen molar-refractivity contribution in [3.63, 3.8) is 0 Å². The zero-order valence-corrected chi connectivity index (χ0v) is 12.5. The molecule has 0 aromatic carbocycles. The third-order valence-electron chi connectivity index (χ3n) is 5.38. The summed E-state index contributed by atoms with van der Waals surface area (Å²) in [7, 11) is 0. The summed E-state index contributed by atoms with van der Waals surface area (Å²) < 4.78 is 6.14. The third kappa shape index (κ3) is 2.90. The molecule has 0 amide bonds. The molecule has 0 aromatic rings. The van der Waals surface area contributed by atoms with Crippen LogP contribution in [0, 0.1) is 11.3 Å². The standard InChI is InChI=1S/C17H28O2/c1-16(2)10-14(9-15(18)12-16)13-5-8-19-17(11-13)6-3-4-7-17/h9,13,15,18H,3-8,10-12H2,1-2H3. The zero-order valence-electron chi connectivity index (χ0n) is 12.5. The van der Waals surface area contributed by atoms with Crippen molar-refractivity contribution in [1.82, 2.24) is 0 Å². The van der Waals surface area contributed by atoms with Crippen LogP contribution >= 0.6 is 0 Å². The molecule has 3 aliphatic rings. The summed E-state index contributed by atoms with van der Waals surface area (Å²) in [5.41, 5.74) is 1.96. The van der Waals surface area contributed by atoms with Crippen molar-refractivity contribution in [2.45, 2.75) is 76.9 Å². The maximum atomic E-state index is 10.1. The lowest BCUT2D eigenvalue weighted by Crippen LogP contribution is -2.39. The summed E-state index contributed by atoms with van der Waals surface area (Å²) >= 11 is 0. The predicted octanol–water partition coefficient (Wildman–Crippen LogP) is 3.83. The van der Waals surface area contributed by atoms with Crippen LogP contribution in [0.15, 0.2) is 11.6 Å². The summed E-state index contributed by atoms with van der Waals surface area (Å²) in [5, 5.41) is 10.1. The summed E-state index contributed by atoms with van der Waals surface area (Å²) in [6.45, 7) is 5.49. The van der Waals surface area contributed by atoms with Gasteiger partial charge in [0.2, 0.25) is 0 Å². The van der Waals surface area contributed by atoms with Gasteiger partial charge in [-0.25, -0.2) is 0 Å². The average molecular weight is 264 g/mol. The van der Waals surface area contributed by atoms with Crippen LogP contribution in [0.1, 0.15) is 65.2 Å². The molecule has 2 nitrogen and oxygen atoms in total. The molecule has 2 fully saturated rings. The average Bonchev–Trinajstić information content (AvgIpc) is 2.75. The summed E-state index contributed by atoms with van der Waals surface area (Å²) in [6.07, 6.45) is 11.5. The summed E-state index contributed by atoms with van der Waals surface area (Å²) in [5.74, 6) is 0.654. The third-order valence-corrected chi connectivity index (χ3v) is 5.38. The van der Waals surface area contributed by atoms with Gasteiger partial charge in [0.05, 0.1) is 11.7 Å². The van der Waals surface area contributed by atoms with Crippen LogP contribution in [-0.2, 0) is 4.74 Å². The van der Waals surface area contributed by atoms with E-state index in [9.17, 15) is 5.11 Å². The molecule has 19 heavy (non-hydrogen) atoms. The van der Waals surface area contributed by atoms with E-state index in [4.69, 9.17) is 4.74 Å². The lowest BCUT2D eigenvalue weighted by molar-refractivity contribution is -0.0884. The maximum Gasteiger partial charge on any atom is 0.0728 e. The van der Waals surface area contributed by atoms with Crippen molar-refractivity contribution >= 4 is 0 Å². The van der Waals surface area contributed by atoms with Crippen molar-refractivity contribution in [3.8, 4) is 0 Å². The minimum atomic E-state index is -0.235. The molecule has 2 heteroatoms. The van der Waals surface area contributed by atoms with Gasteiger partial charge in [0.25, 0.3) is 0 Å². The van der Waals surface area contributed by atoms with E-state index in [-0.39, 0.29) is 17.1 Å². The maximum absolute atomic E-state index is 10.1. The Morgan fingerprint density at radius 1 is 1.21 bits per heavy atom. The highest BCUT2D eigenvalue weighted by atomic mass is 16.5. The fourth-order valence-corrected chi connectivity index (χ4v) is 4.55. The Labute approximate surface area is 117 Å². The van der Waals surface area contributed by atoms with Crippen LogP contribution < -0.4 is 0 Å². The molecule has 108 valence electrons. The molecule has 1 saturated carbocycles. The van der Waals surface area contributed by atoms with Gasteiger partial charge in [0.15, 0.2) is 0 Å². The fourth-order valence-electron chi connectivity index (χ4n) is 4.55. The van der Waals surface area contributed by atoms with E-state index in [1.807, 2.05) is 0 Å². The molecule has 1 N–H and O–H groups in total. The zero-order chi connectivity index (χ0) is 13.5. The van der Waals surface area contributed by atoms with Crippen molar-refractivity contribution in [2.24, 2.45) is 11.3 Å². The van der Waals surface area contributed by atoms with E-state index in [0.29, 0.717) is 5.92 Å². The predicted molar refractivity (Wildman–Crippen MR) is 77.0 cm³/mol. The van der Waals surface area contributed by atoms with Gasteiger partial charge >= 0.3 is 0 Å². The quantitative estimate of drug-likeness (QED) is 0.729. The topological polar surface area (TPSA) is 29.5 Å². The molecule has 0 aromatic heterocycles. The molecule has 2 atom stereocenters. The van der Waals surface area contributed by atoms with Gasteiger partial charge in [-0.15, -0.1) is 0 Å². The molecule has 3 rings (SSSR count). The van der Waals surface area contributed by atoms with E-state index in [0.717, 1.165) is 25.9 Å². The Bertz CT molecular complexity index is 363. The van der Waals surface area contributed by atoms with Gasteiger partial charge in [0, 0.05) is 6.61 Å². The van der Waals surface area contributed by atoms with Crippen LogP contribution in [-0.4, -0.2) is 23.4 Å². The number of rotatable bonds is 1. The van der Waals surface area contributed by atoms with Gasteiger partial charge in [-0.3, -0.25) is 0 Å². The van der Waals surface area contributed by atoms with Gasteiger partial charge in [-0.1, -0.05) is 38.3 Å². The minimum absolute atomic E-state index is 0.191. The lowest BCUT2D eigenvalue weighted by atomic mass is 9.70. The molecule has 2 aliphatic carbocycles. The van der Waals surface area contributed by atoms with Crippen molar-refractivity contribution in [2.75, 3.05) is 6.61 Å². The van der Waals surface area contributed by atoms with E-state index in [1.54, 1.807) is 0 Å². The summed E-state index contributed by atoms with van der Waals surface area (Å²) in [4.78, 5) is 0. The first-order valence-corrected chi connectivity index (χ1v) is 8.01. The number of hydrogen-bond donors (Lipinski definition) is 1. The van der Waals surface area contributed by atoms with Crippen LogP contribution in [0.3, 0.4) is 0 Å². The Hall–Kier alpha value is -0.340. The van der Waals surface area contributed by atoms with E-state index < -0.39 is 0 Å². The largest absolute Gasteiger partial charge is 0.389 e. The molecule has 1 saturated heterocycles. The first kappa shape index (κ1) is 13.6. The number of aliphatic hydroxyl groups is 1. The Balaban J connectivity index is 1.74. The smallest absolute Gasteiger partial charge is 0.0728 e. The van der Waals surface area contributed by atoms with Crippen LogP contribution in [0.4, 0.5) is 0 Å². The second-order valence-electron chi connectivity index (χ2n) is 7.78. The van der Waals surface area contributed by atoms with Gasteiger partial charge in [-0.2, -0.15) is 0 Å². The Kier molecular flexibility index (Phi) is 3.51. The molecule has 2 unspecified atom stereocenters. The van der Waals surface area contributed by atoms with E-state index >= 15 is 0 Å². The summed E-state index contributed by atoms with van der Waals surface area (Å²) in [6, 6.07) is 0. The van der Waals surface area contributed by atoms with Gasteiger partial charge in [-0.05, 0) is 49.9 Å². The molecule has 1 spiro atoms. The van der Waals surface area contributed by atoms with Crippen LogP contribution in [0.2, 0.25) is 0 Å². The molecule has 1 heterocycles. The first-order valence-electron chi connectivity index (χ1n) is 8.01. The Morgan fingerprint density at radius 3 is 2.63 bits per heavy atom. The van der Waals surface area contributed by atoms with Gasteiger partial charge in [0.1, 0.15) is 0 Å². The van der Waals surface area contributed by atoms with Crippen molar-refractivity contribution < 1.29 is 9.84 Å². The number of aliphatic hydroxyl groups excluding tert-OH is 1. The highest BCUT2D eigenvalue weighted by Crippen LogP contribution is 2.47. The highest BCUT2D eigenvalue weighted by Gasteiger charge is 2.42. The van der Waals surface area contributed by atoms with E-state index in [2.05, 4.69) is 19.9 Å². The van der Waals surface area contributed by atoms with Crippen molar-refractivity contribution in [1.29, 1.82) is 0 Å². The number of hydrogen-bond acceptors (Lipinski definition) is 2. The number of ether oxygens (including phenoxy) is 1. The highest BCUT2D eigenvalue weighted by molar-refractivity contribution is 5.18. The molecular formula is C17H28O2. The van der Waals surface area contributed by atoms with Gasteiger partial charge < -0.3 is 9.84 Å². The molecule has 0 bridgehead atoms. The van der Waals surface area contributed by atoms with Crippen LogP contribution in [0.5, 0.6) is 0 Å². The lowest BCUT2D eigenvalue weighted by Gasteiger charge is -2.42. The normalized spacial score (nSPS) is 37.3. The fraction of sp³-hybridized carbons (Fsp3) is 0.882. The second kappa shape index (κ2) is 4.89.